The molecule has 0 aliphatic carbocycles. The average Bonchev–Trinajstić information content (AvgIpc) is 3.23. The van der Waals surface area contributed by atoms with Gasteiger partial charge in [-0.3, -0.25) is 19.7 Å². The van der Waals surface area contributed by atoms with Crippen LogP contribution in [0, 0.1) is 28.9 Å². The molecule has 2 amide bonds. The first-order chi connectivity index (χ1) is 28.7. The molecule has 312 valence electrons. The van der Waals surface area contributed by atoms with Crippen LogP contribution in [0.15, 0.2) is 104 Å². The standard InChI is InChI=1S/C44H40F3N3O10/c1-4-40(51)59-24-8-6-22-57-34-17-13-31(14-18-34)33-16-21-38(36(27-33)44(45,46)47)49-43(54)42(53)48-37-20-11-30(26-29(37)3)10-12-32-15-19-35(28-39(32)50(55)56)58-23-7-9-25-60-41(52)5-2/h4-5,11,13-21,26-28H,1-2,6-9,22-25H2,3H3,(H,48,53)(H,49,54). The maximum atomic E-state index is 14.2. The van der Waals surface area contributed by atoms with Gasteiger partial charge in [-0.1, -0.05) is 43.2 Å². The summed E-state index contributed by atoms with van der Waals surface area (Å²) in [5, 5.41) is 16.2. The first-order valence-corrected chi connectivity index (χ1v) is 18.4. The molecule has 0 heterocycles. The number of nitro groups is 1. The molecule has 4 rings (SSSR count). The number of nitrogens with one attached hydrogen (secondary N) is 2. The molecule has 13 nitrogen and oxygen atoms in total. The minimum atomic E-state index is -4.88. The minimum absolute atomic E-state index is 0.111. The van der Waals surface area contributed by atoms with Crippen molar-refractivity contribution in [2.45, 2.75) is 38.8 Å². The lowest BCUT2D eigenvalue weighted by atomic mass is 10.0. The van der Waals surface area contributed by atoms with Gasteiger partial charge in [0.2, 0.25) is 0 Å². The lowest BCUT2D eigenvalue weighted by molar-refractivity contribution is -0.385. The Kier molecular flexibility index (Phi) is 16.6. The summed E-state index contributed by atoms with van der Waals surface area (Å²) in [6, 6.07) is 18.4. The number of unbranched alkanes of at least 4 members (excludes halogenated alkanes) is 2. The van der Waals surface area contributed by atoms with Crippen LogP contribution in [-0.4, -0.2) is 55.1 Å². The number of carbonyl (C=O) groups is 4. The maximum absolute atomic E-state index is 14.2. The first-order valence-electron chi connectivity index (χ1n) is 18.4. The van der Waals surface area contributed by atoms with Crippen LogP contribution in [0.2, 0.25) is 0 Å². The second-order valence-corrected chi connectivity index (χ2v) is 12.8. The Hall–Kier alpha value is -7.41. The fourth-order valence-electron chi connectivity index (χ4n) is 5.30. The number of nitro benzene ring substituents is 1. The number of nitrogens with zero attached hydrogens (tertiary/aromatic N) is 1. The third kappa shape index (κ3) is 13.9. The average molecular weight is 828 g/mol. The summed E-state index contributed by atoms with van der Waals surface area (Å²) in [5.74, 6) is 2.72. The summed E-state index contributed by atoms with van der Waals surface area (Å²) >= 11 is 0. The Bertz CT molecular complexity index is 2300. The van der Waals surface area contributed by atoms with Crippen molar-refractivity contribution < 1.29 is 56.2 Å². The second-order valence-electron chi connectivity index (χ2n) is 12.8. The molecule has 0 fully saturated rings. The zero-order valence-electron chi connectivity index (χ0n) is 32.4. The Balaban J connectivity index is 1.35. The summed E-state index contributed by atoms with van der Waals surface area (Å²) in [7, 11) is 0. The Labute approximate surface area is 343 Å². The van der Waals surface area contributed by atoms with Gasteiger partial charge in [-0.15, -0.1) is 0 Å². The molecule has 0 radical (unpaired) electrons. The van der Waals surface area contributed by atoms with Gasteiger partial charge in [-0.05, 0) is 104 Å². The molecule has 0 spiro atoms. The lowest BCUT2D eigenvalue weighted by Gasteiger charge is -2.16. The van der Waals surface area contributed by atoms with Gasteiger partial charge in [0.15, 0.2) is 0 Å². The number of hydrogen-bond acceptors (Lipinski definition) is 10. The van der Waals surface area contributed by atoms with Crippen molar-refractivity contribution >= 4 is 40.8 Å². The van der Waals surface area contributed by atoms with Crippen LogP contribution in [0.25, 0.3) is 11.1 Å². The molecule has 0 aliphatic heterocycles. The van der Waals surface area contributed by atoms with Gasteiger partial charge in [0.25, 0.3) is 5.69 Å². The molecule has 4 aromatic carbocycles. The zero-order valence-corrected chi connectivity index (χ0v) is 32.4. The summed E-state index contributed by atoms with van der Waals surface area (Å²) in [6.07, 6.45) is -0.522. The topological polar surface area (TPSA) is 172 Å². The van der Waals surface area contributed by atoms with Crippen LogP contribution in [0.5, 0.6) is 11.5 Å². The number of anilines is 2. The van der Waals surface area contributed by atoms with E-state index < -0.39 is 46.1 Å². The van der Waals surface area contributed by atoms with Gasteiger partial charge >= 0.3 is 29.9 Å². The largest absolute Gasteiger partial charge is 0.494 e. The van der Waals surface area contributed by atoms with Gasteiger partial charge in [-0.25, -0.2) is 9.59 Å². The molecule has 0 saturated heterocycles. The summed E-state index contributed by atoms with van der Waals surface area (Å²) < 4.78 is 63.6. The number of carbonyl (C=O) groups excluding carboxylic acids is 4. The third-order valence-electron chi connectivity index (χ3n) is 8.39. The van der Waals surface area contributed by atoms with Gasteiger partial charge in [0, 0.05) is 23.4 Å². The molecule has 2 N–H and O–H groups in total. The predicted octanol–water partition coefficient (Wildman–Crippen LogP) is 8.34. The number of halogens is 3. The number of alkyl halides is 3. The van der Waals surface area contributed by atoms with E-state index in [9.17, 15) is 42.5 Å². The number of hydrogen-bond donors (Lipinski definition) is 2. The third-order valence-corrected chi connectivity index (χ3v) is 8.39. The normalized spacial score (nSPS) is 10.6. The fraction of sp³-hybridized carbons (Fsp3) is 0.227. The van der Waals surface area contributed by atoms with Crippen molar-refractivity contribution in [3.05, 3.63) is 137 Å². The highest BCUT2D eigenvalue weighted by atomic mass is 19.4. The molecule has 4 aromatic rings. The number of ether oxygens (including phenoxy) is 4. The van der Waals surface area contributed by atoms with Crippen LogP contribution >= 0.6 is 0 Å². The minimum Gasteiger partial charge on any atom is -0.494 e. The van der Waals surface area contributed by atoms with E-state index in [0.29, 0.717) is 54.7 Å². The van der Waals surface area contributed by atoms with Gasteiger partial charge in [0.1, 0.15) is 17.1 Å². The first kappa shape index (κ1) is 45.3. The molecule has 0 atom stereocenters. The van der Waals surface area contributed by atoms with E-state index >= 15 is 0 Å². The zero-order chi connectivity index (χ0) is 43.7. The molecular weight excluding hydrogens is 787 g/mol. The quantitative estimate of drug-likeness (QED) is 0.0189. The van der Waals surface area contributed by atoms with Crippen molar-refractivity contribution in [1.82, 2.24) is 0 Å². The van der Waals surface area contributed by atoms with Gasteiger partial charge in [0.05, 0.1) is 48.7 Å². The smallest absolute Gasteiger partial charge is 0.418 e. The van der Waals surface area contributed by atoms with Gasteiger partial charge < -0.3 is 29.6 Å². The lowest BCUT2D eigenvalue weighted by Crippen LogP contribution is -2.30. The molecule has 0 aliphatic rings. The SMILES string of the molecule is C=CC(=O)OCCCCOc1ccc(-c2ccc(NC(=O)C(=O)Nc3ccc(C#Cc4ccc(OCCCCOC(=O)C=C)cc4[N+](=O)[O-])cc3C)c(C(F)(F)F)c2)cc1. The molecule has 0 aromatic heterocycles. The van der Waals surface area contributed by atoms with Crippen LogP contribution in [0.1, 0.15) is 47.9 Å². The molecule has 0 bridgehead atoms. The number of esters is 2. The highest BCUT2D eigenvalue weighted by Crippen LogP contribution is 2.38. The van der Waals surface area contributed by atoms with Crippen LogP contribution in [0.4, 0.5) is 30.2 Å². The summed E-state index contributed by atoms with van der Waals surface area (Å²) in [6.45, 7) is 9.20. The number of rotatable bonds is 18. The number of benzene rings is 4. The van der Waals surface area contributed by atoms with E-state index in [2.05, 4.69) is 35.6 Å². The van der Waals surface area contributed by atoms with Crippen molar-refractivity contribution in [2.24, 2.45) is 0 Å². The monoisotopic (exact) mass is 827 g/mol. The Morgan fingerprint density at radius 3 is 1.80 bits per heavy atom. The highest BCUT2D eigenvalue weighted by Gasteiger charge is 2.35. The van der Waals surface area contributed by atoms with Crippen molar-refractivity contribution in [2.75, 3.05) is 37.1 Å². The molecule has 60 heavy (non-hydrogen) atoms. The maximum Gasteiger partial charge on any atom is 0.418 e. The number of aryl methyl sites for hydroxylation is 1. The van der Waals surface area contributed by atoms with Crippen molar-refractivity contribution in [3.8, 4) is 34.5 Å². The van der Waals surface area contributed by atoms with E-state index in [1.54, 1.807) is 37.3 Å². The fourth-order valence-corrected chi connectivity index (χ4v) is 5.30. The van der Waals surface area contributed by atoms with E-state index in [1.807, 2.05) is 0 Å². The predicted molar refractivity (Wildman–Crippen MR) is 216 cm³/mol. The van der Waals surface area contributed by atoms with Gasteiger partial charge in [-0.2, -0.15) is 13.2 Å². The van der Waals surface area contributed by atoms with E-state index in [-0.39, 0.29) is 48.1 Å². The number of amides is 2. The van der Waals surface area contributed by atoms with E-state index in [0.717, 1.165) is 24.3 Å². The summed E-state index contributed by atoms with van der Waals surface area (Å²) in [4.78, 5) is 59.0. The van der Waals surface area contributed by atoms with Crippen molar-refractivity contribution in [3.63, 3.8) is 0 Å². The van der Waals surface area contributed by atoms with Crippen LogP contribution in [0.3, 0.4) is 0 Å². The van der Waals surface area contributed by atoms with E-state index in [1.165, 1.54) is 36.4 Å². The van der Waals surface area contributed by atoms with Crippen LogP contribution in [-0.2, 0) is 34.8 Å². The Morgan fingerprint density at radius 1 is 0.700 bits per heavy atom. The van der Waals surface area contributed by atoms with Crippen molar-refractivity contribution in [1.29, 1.82) is 0 Å². The molecular formula is C44H40F3N3O10. The van der Waals surface area contributed by atoms with Crippen LogP contribution < -0.4 is 20.1 Å². The molecule has 0 saturated carbocycles. The summed E-state index contributed by atoms with van der Waals surface area (Å²) in [5.41, 5.74) is -0.271. The molecule has 16 heteroatoms. The van der Waals surface area contributed by atoms with E-state index in [4.69, 9.17) is 18.9 Å². The Morgan fingerprint density at radius 2 is 1.23 bits per heavy atom. The molecule has 0 unspecified atom stereocenters. The highest BCUT2D eigenvalue weighted by molar-refractivity contribution is 6.43. The second kappa shape index (κ2) is 21.9.